The molecule has 0 heterocycles. The van der Waals surface area contributed by atoms with E-state index in [1.54, 1.807) is 0 Å². The average Bonchev–Trinajstić information content (AvgIpc) is 2.63. The van der Waals surface area contributed by atoms with Crippen molar-refractivity contribution in [2.24, 2.45) is 17.3 Å². The molecule has 2 aliphatic rings. The number of rotatable bonds is 0. The predicted octanol–water partition coefficient (Wildman–Crippen LogP) is 3.40. The minimum absolute atomic E-state index is 0.00465. The molecule has 0 N–H and O–H groups in total. The summed E-state index contributed by atoms with van der Waals surface area (Å²) in [4.78, 5) is 0. The highest BCUT2D eigenvalue weighted by Gasteiger charge is 2.38. The monoisotopic (exact) mass is 202 g/mol. The molecule has 2 heteroatoms. The van der Waals surface area contributed by atoms with Gasteiger partial charge < -0.3 is 0 Å². The van der Waals surface area contributed by atoms with Crippen LogP contribution < -0.4 is 0 Å². The Kier molecular flexibility index (Phi) is 2.96. The summed E-state index contributed by atoms with van der Waals surface area (Å²) in [6.07, 6.45) is 9.66. The van der Waals surface area contributed by atoms with Crippen LogP contribution >= 0.6 is 0 Å². The van der Waals surface area contributed by atoms with Crippen molar-refractivity contribution in [1.29, 1.82) is 10.5 Å². The first-order valence-corrected chi connectivity index (χ1v) is 6.09. The summed E-state index contributed by atoms with van der Waals surface area (Å²) in [6, 6.07) is 4.66. The molecule has 0 bridgehead atoms. The van der Waals surface area contributed by atoms with Gasteiger partial charge in [0.2, 0.25) is 0 Å². The first-order valence-electron chi connectivity index (χ1n) is 6.09. The van der Waals surface area contributed by atoms with Gasteiger partial charge in [0.15, 0.2) is 0 Å². The van der Waals surface area contributed by atoms with Crippen LogP contribution in [0.15, 0.2) is 0 Å². The molecular weight excluding hydrogens is 184 g/mol. The van der Waals surface area contributed by atoms with Gasteiger partial charge in [-0.2, -0.15) is 10.5 Å². The topological polar surface area (TPSA) is 47.6 Å². The summed E-state index contributed by atoms with van der Waals surface area (Å²) in [5.74, 6) is -0.00931. The molecule has 0 aromatic carbocycles. The van der Waals surface area contributed by atoms with Gasteiger partial charge in [-0.15, -0.1) is 0 Å². The minimum Gasteiger partial charge on any atom is -0.198 e. The molecule has 0 amide bonds. The van der Waals surface area contributed by atoms with Crippen LogP contribution in [0.4, 0.5) is 0 Å². The van der Waals surface area contributed by atoms with Crippen molar-refractivity contribution >= 4 is 0 Å². The molecule has 0 aromatic rings. The highest BCUT2D eigenvalue weighted by molar-refractivity contribution is 5.02. The summed E-state index contributed by atoms with van der Waals surface area (Å²) < 4.78 is 0. The average molecular weight is 202 g/mol. The molecule has 0 aromatic heterocycles. The van der Waals surface area contributed by atoms with Crippen molar-refractivity contribution in [2.45, 2.75) is 51.4 Å². The van der Waals surface area contributed by atoms with Gasteiger partial charge in [0.25, 0.3) is 0 Å². The zero-order valence-corrected chi connectivity index (χ0v) is 9.21. The van der Waals surface area contributed by atoms with Crippen LogP contribution in [0.3, 0.4) is 0 Å². The fraction of sp³-hybridized carbons (Fsp3) is 0.846. The Labute approximate surface area is 91.9 Å². The number of hydrogen-bond donors (Lipinski definition) is 0. The van der Waals surface area contributed by atoms with E-state index in [4.69, 9.17) is 10.5 Å². The van der Waals surface area contributed by atoms with Crippen LogP contribution in [0.5, 0.6) is 0 Å². The summed E-state index contributed by atoms with van der Waals surface area (Å²) in [7, 11) is 0. The Hall–Kier alpha value is -1.02. The van der Waals surface area contributed by atoms with Gasteiger partial charge in [-0.3, -0.25) is 0 Å². The fourth-order valence-corrected chi connectivity index (χ4v) is 3.38. The molecular formula is C13H18N2. The van der Waals surface area contributed by atoms with Crippen LogP contribution in [-0.4, -0.2) is 0 Å². The Bertz CT molecular complexity index is 275. The number of hydrogen-bond acceptors (Lipinski definition) is 2. The fourth-order valence-electron chi connectivity index (χ4n) is 3.38. The van der Waals surface area contributed by atoms with Crippen molar-refractivity contribution in [2.75, 3.05) is 0 Å². The van der Waals surface area contributed by atoms with E-state index >= 15 is 0 Å². The molecule has 0 radical (unpaired) electrons. The molecule has 2 unspecified atom stereocenters. The van der Waals surface area contributed by atoms with E-state index < -0.39 is 0 Å². The lowest BCUT2D eigenvalue weighted by molar-refractivity contribution is 0.251. The first kappa shape index (κ1) is 10.5. The van der Waals surface area contributed by atoms with E-state index in [1.165, 1.54) is 38.5 Å². The van der Waals surface area contributed by atoms with Crippen molar-refractivity contribution in [1.82, 2.24) is 0 Å². The Morgan fingerprint density at radius 2 is 1.27 bits per heavy atom. The van der Waals surface area contributed by atoms with Crippen LogP contribution in [0.25, 0.3) is 0 Å². The maximum Gasteiger partial charge on any atom is 0.0669 e. The van der Waals surface area contributed by atoms with Gasteiger partial charge in [-0.1, -0.05) is 12.8 Å². The molecule has 0 aliphatic heterocycles. The molecule has 80 valence electrons. The third-order valence-corrected chi connectivity index (χ3v) is 4.45. The SMILES string of the molecule is N#CC1CCC2(CCCC2)CCC1C#N. The van der Waals surface area contributed by atoms with Crippen molar-refractivity contribution < 1.29 is 0 Å². The second kappa shape index (κ2) is 4.23. The highest BCUT2D eigenvalue weighted by Crippen LogP contribution is 2.49. The molecule has 15 heavy (non-hydrogen) atoms. The maximum absolute atomic E-state index is 9.05. The second-order valence-corrected chi connectivity index (χ2v) is 5.26. The minimum atomic E-state index is -0.00465. The van der Waals surface area contributed by atoms with Crippen LogP contribution in [0, 0.1) is 39.9 Å². The van der Waals surface area contributed by atoms with Crippen LogP contribution in [0.1, 0.15) is 51.4 Å². The summed E-state index contributed by atoms with van der Waals surface area (Å²) in [5, 5.41) is 18.1. The normalized spacial score (nSPS) is 34.3. The highest BCUT2D eigenvalue weighted by atomic mass is 14.4. The summed E-state index contributed by atoms with van der Waals surface area (Å²) in [6.45, 7) is 0. The number of nitrogens with zero attached hydrogens (tertiary/aromatic N) is 2. The third kappa shape index (κ3) is 2.00. The largest absolute Gasteiger partial charge is 0.198 e. The van der Waals surface area contributed by atoms with E-state index in [-0.39, 0.29) is 11.8 Å². The van der Waals surface area contributed by atoms with Gasteiger partial charge in [0.05, 0.1) is 24.0 Å². The quantitative estimate of drug-likeness (QED) is 0.604. The molecule has 2 aliphatic carbocycles. The standard InChI is InChI=1S/C13H18N2/c14-9-11-3-7-13(5-1-2-6-13)8-4-12(11)10-15/h11-12H,1-8H2. The van der Waals surface area contributed by atoms with E-state index in [0.29, 0.717) is 5.41 Å². The number of nitriles is 2. The molecule has 2 fully saturated rings. The Morgan fingerprint density at radius 3 is 1.67 bits per heavy atom. The van der Waals surface area contributed by atoms with Crippen LogP contribution in [-0.2, 0) is 0 Å². The lowest BCUT2D eigenvalue weighted by atomic mass is 9.79. The maximum atomic E-state index is 9.05. The van der Waals surface area contributed by atoms with E-state index in [1.807, 2.05) is 0 Å². The lowest BCUT2D eigenvalue weighted by Gasteiger charge is -2.26. The van der Waals surface area contributed by atoms with Gasteiger partial charge >= 0.3 is 0 Å². The van der Waals surface area contributed by atoms with Gasteiger partial charge in [0, 0.05) is 0 Å². The van der Waals surface area contributed by atoms with Gasteiger partial charge in [-0.05, 0) is 43.9 Å². The molecule has 2 nitrogen and oxygen atoms in total. The van der Waals surface area contributed by atoms with Crippen molar-refractivity contribution in [3.8, 4) is 12.1 Å². The Balaban J connectivity index is 2.08. The first-order chi connectivity index (χ1) is 7.29. The lowest BCUT2D eigenvalue weighted by Crippen LogP contribution is -2.14. The molecule has 2 saturated carbocycles. The zero-order chi connectivity index (χ0) is 10.7. The van der Waals surface area contributed by atoms with E-state index in [9.17, 15) is 0 Å². The van der Waals surface area contributed by atoms with Crippen LogP contribution in [0.2, 0.25) is 0 Å². The Morgan fingerprint density at radius 1 is 0.800 bits per heavy atom. The van der Waals surface area contributed by atoms with E-state index in [0.717, 1.165) is 12.8 Å². The molecule has 2 rings (SSSR count). The van der Waals surface area contributed by atoms with Gasteiger partial charge in [0.1, 0.15) is 0 Å². The third-order valence-electron chi connectivity index (χ3n) is 4.45. The molecule has 2 atom stereocenters. The van der Waals surface area contributed by atoms with Crippen molar-refractivity contribution in [3.05, 3.63) is 0 Å². The zero-order valence-electron chi connectivity index (χ0n) is 9.21. The van der Waals surface area contributed by atoms with Crippen molar-refractivity contribution in [3.63, 3.8) is 0 Å². The molecule has 0 saturated heterocycles. The van der Waals surface area contributed by atoms with Gasteiger partial charge in [-0.25, -0.2) is 0 Å². The summed E-state index contributed by atoms with van der Waals surface area (Å²) in [5.41, 5.74) is 0.515. The molecule has 1 spiro atoms. The second-order valence-electron chi connectivity index (χ2n) is 5.26. The van der Waals surface area contributed by atoms with E-state index in [2.05, 4.69) is 12.1 Å². The smallest absolute Gasteiger partial charge is 0.0669 e. The predicted molar refractivity (Wildman–Crippen MR) is 57.6 cm³/mol. The summed E-state index contributed by atoms with van der Waals surface area (Å²) >= 11 is 0.